The number of ether oxygens (including phenoxy) is 3. The van der Waals surface area contributed by atoms with Gasteiger partial charge in [-0.05, 0) is 36.6 Å². The summed E-state index contributed by atoms with van der Waals surface area (Å²) >= 11 is 5.89. The van der Waals surface area contributed by atoms with E-state index in [0.717, 1.165) is 4.90 Å². The number of allylic oxidation sites excluding steroid dienone is 1. The van der Waals surface area contributed by atoms with Crippen LogP contribution in [0.4, 0.5) is 0 Å². The van der Waals surface area contributed by atoms with Crippen LogP contribution in [0.25, 0.3) is 6.08 Å². The molecule has 25 heavy (non-hydrogen) atoms. The van der Waals surface area contributed by atoms with E-state index in [1.54, 1.807) is 24.3 Å². The SMILES string of the molecule is COc1cc(C=CC(=O)N2CCCC=C(Cl)C2=O)cc(OC)c1OC. The van der Waals surface area contributed by atoms with E-state index in [4.69, 9.17) is 25.8 Å². The van der Waals surface area contributed by atoms with Gasteiger partial charge in [0.2, 0.25) is 5.75 Å². The lowest BCUT2D eigenvalue weighted by molar-refractivity contribution is -0.138. The quantitative estimate of drug-likeness (QED) is 0.750. The summed E-state index contributed by atoms with van der Waals surface area (Å²) in [5.74, 6) is 0.524. The fourth-order valence-electron chi connectivity index (χ4n) is 2.46. The van der Waals surface area contributed by atoms with Crippen LogP contribution in [0, 0.1) is 0 Å². The van der Waals surface area contributed by atoms with Crippen LogP contribution in [0.15, 0.2) is 29.3 Å². The van der Waals surface area contributed by atoms with Crippen molar-refractivity contribution >= 4 is 29.5 Å². The molecule has 0 bridgehead atoms. The molecule has 0 N–H and O–H groups in total. The lowest BCUT2D eigenvalue weighted by atomic mass is 10.1. The zero-order valence-corrected chi connectivity index (χ0v) is 15.1. The van der Waals surface area contributed by atoms with Crippen molar-refractivity contribution in [2.45, 2.75) is 12.8 Å². The molecule has 6 nitrogen and oxygen atoms in total. The molecule has 0 fully saturated rings. The normalized spacial score (nSPS) is 15.0. The molecule has 2 amide bonds. The smallest absolute Gasteiger partial charge is 0.271 e. The molecular formula is C18H20ClNO5. The van der Waals surface area contributed by atoms with Gasteiger partial charge in [-0.1, -0.05) is 17.7 Å². The number of carbonyl (C=O) groups excluding carboxylic acids is 2. The Labute approximate surface area is 151 Å². The Morgan fingerprint density at radius 1 is 1.16 bits per heavy atom. The number of benzene rings is 1. The average Bonchev–Trinajstić information content (AvgIpc) is 2.80. The molecule has 0 aliphatic carbocycles. The van der Waals surface area contributed by atoms with E-state index < -0.39 is 11.8 Å². The second-order valence-electron chi connectivity index (χ2n) is 5.28. The van der Waals surface area contributed by atoms with Crippen molar-refractivity contribution in [2.75, 3.05) is 27.9 Å². The molecular weight excluding hydrogens is 346 g/mol. The molecule has 2 rings (SSSR count). The van der Waals surface area contributed by atoms with E-state index in [0.29, 0.717) is 42.2 Å². The number of rotatable bonds is 5. The molecule has 7 heteroatoms. The summed E-state index contributed by atoms with van der Waals surface area (Å²) in [5, 5.41) is 0.0760. The van der Waals surface area contributed by atoms with Crippen molar-refractivity contribution in [3.8, 4) is 17.2 Å². The maximum Gasteiger partial charge on any atom is 0.271 e. The predicted molar refractivity (Wildman–Crippen MR) is 95.0 cm³/mol. The minimum atomic E-state index is -0.473. The van der Waals surface area contributed by atoms with Gasteiger partial charge >= 0.3 is 0 Å². The third-order valence-electron chi connectivity index (χ3n) is 3.73. The average molecular weight is 366 g/mol. The number of imide groups is 1. The molecule has 1 heterocycles. The summed E-state index contributed by atoms with van der Waals surface area (Å²) in [6.07, 6.45) is 5.91. The maximum absolute atomic E-state index is 12.4. The van der Waals surface area contributed by atoms with E-state index in [2.05, 4.69) is 0 Å². The van der Waals surface area contributed by atoms with Crippen molar-refractivity contribution in [3.05, 3.63) is 34.9 Å². The topological polar surface area (TPSA) is 65.1 Å². The number of carbonyl (C=O) groups is 2. The Balaban J connectivity index is 2.25. The second kappa shape index (κ2) is 8.58. The molecule has 0 spiro atoms. The van der Waals surface area contributed by atoms with Gasteiger partial charge in [0.25, 0.3) is 11.8 Å². The van der Waals surface area contributed by atoms with Gasteiger partial charge in [0.1, 0.15) is 5.03 Å². The van der Waals surface area contributed by atoms with Crippen LogP contribution in [0.5, 0.6) is 17.2 Å². The van der Waals surface area contributed by atoms with E-state index in [9.17, 15) is 9.59 Å². The number of methoxy groups -OCH3 is 3. The highest BCUT2D eigenvalue weighted by Gasteiger charge is 2.23. The Morgan fingerprint density at radius 3 is 2.36 bits per heavy atom. The number of halogens is 1. The first-order valence-electron chi connectivity index (χ1n) is 7.71. The van der Waals surface area contributed by atoms with Crippen LogP contribution in [-0.4, -0.2) is 44.6 Å². The number of amides is 2. The Kier molecular flexibility index (Phi) is 6.47. The predicted octanol–water partition coefficient (Wildman–Crippen LogP) is 3.00. The minimum Gasteiger partial charge on any atom is -0.493 e. The molecule has 1 aliphatic rings. The van der Waals surface area contributed by atoms with E-state index >= 15 is 0 Å². The van der Waals surface area contributed by atoms with Gasteiger partial charge in [0, 0.05) is 12.6 Å². The van der Waals surface area contributed by atoms with Gasteiger partial charge in [0.15, 0.2) is 11.5 Å². The Morgan fingerprint density at radius 2 is 1.80 bits per heavy atom. The van der Waals surface area contributed by atoms with E-state index in [1.165, 1.54) is 27.4 Å². The first-order chi connectivity index (χ1) is 12.0. The lowest BCUT2D eigenvalue weighted by Gasteiger charge is -2.16. The highest BCUT2D eigenvalue weighted by atomic mass is 35.5. The summed E-state index contributed by atoms with van der Waals surface area (Å²) < 4.78 is 15.8. The van der Waals surface area contributed by atoms with Crippen LogP contribution in [0.3, 0.4) is 0 Å². The third-order valence-corrected chi connectivity index (χ3v) is 4.05. The van der Waals surface area contributed by atoms with E-state index in [1.807, 2.05) is 0 Å². The summed E-state index contributed by atoms with van der Waals surface area (Å²) in [4.78, 5) is 25.6. The molecule has 0 saturated heterocycles. The summed E-state index contributed by atoms with van der Waals surface area (Å²) in [7, 11) is 4.54. The maximum atomic E-state index is 12.4. The fraction of sp³-hybridized carbons (Fsp3) is 0.333. The third kappa shape index (κ3) is 4.33. The summed E-state index contributed by atoms with van der Waals surface area (Å²) in [5.41, 5.74) is 0.673. The largest absolute Gasteiger partial charge is 0.493 e. The van der Waals surface area contributed by atoms with Gasteiger partial charge in [0.05, 0.1) is 21.3 Å². The molecule has 1 aromatic rings. The molecule has 0 saturated carbocycles. The highest BCUT2D eigenvalue weighted by molar-refractivity contribution is 6.43. The van der Waals surface area contributed by atoms with Crippen LogP contribution < -0.4 is 14.2 Å². The van der Waals surface area contributed by atoms with Crippen molar-refractivity contribution < 1.29 is 23.8 Å². The van der Waals surface area contributed by atoms with Gasteiger partial charge in [-0.25, -0.2) is 0 Å². The van der Waals surface area contributed by atoms with Crippen LogP contribution in [0.1, 0.15) is 18.4 Å². The first kappa shape index (κ1) is 18.9. The van der Waals surface area contributed by atoms with Crippen LogP contribution >= 0.6 is 11.6 Å². The monoisotopic (exact) mass is 365 g/mol. The Bertz CT molecular complexity index is 701. The highest BCUT2D eigenvalue weighted by Crippen LogP contribution is 2.38. The standard InChI is InChI=1S/C18H20ClNO5/c1-23-14-10-12(11-15(24-2)17(14)25-3)7-8-16(21)20-9-5-4-6-13(19)18(20)22/h6-8,10-11H,4-5,9H2,1-3H3. The van der Waals surface area contributed by atoms with Crippen LogP contribution in [0.2, 0.25) is 0 Å². The molecule has 1 aromatic carbocycles. The number of hydrogen-bond donors (Lipinski definition) is 0. The molecule has 0 atom stereocenters. The van der Waals surface area contributed by atoms with Gasteiger partial charge in [-0.3, -0.25) is 14.5 Å². The summed E-state index contributed by atoms with van der Waals surface area (Å²) in [6.45, 7) is 0.337. The van der Waals surface area contributed by atoms with Crippen molar-refractivity contribution in [2.24, 2.45) is 0 Å². The van der Waals surface area contributed by atoms with Crippen molar-refractivity contribution in [3.63, 3.8) is 0 Å². The zero-order chi connectivity index (χ0) is 18.4. The van der Waals surface area contributed by atoms with Gasteiger partial charge in [-0.15, -0.1) is 0 Å². The van der Waals surface area contributed by atoms with Gasteiger partial charge < -0.3 is 14.2 Å². The number of hydrogen-bond acceptors (Lipinski definition) is 5. The van der Waals surface area contributed by atoms with Crippen molar-refractivity contribution in [1.29, 1.82) is 0 Å². The number of nitrogens with zero attached hydrogens (tertiary/aromatic N) is 1. The lowest BCUT2D eigenvalue weighted by Crippen LogP contribution is -2.35. The van der Waals surface area contributed by atoms with Gasteiger partial charge in [-0.2, -0.15) is 0 Å². The first-order valence-corrected chi connectivity index (χ1v) is 8.09. The minimum absolute atomic E-state index is 0.0760. The Hall–Kier alpha value is -2.47. The molecule has 134 valence electrons. The molecule has 0 radical (unpaired) electrons. The molecule has 1 aliphatic heterocycles. The summed E-state index contributed by atoms with van der Waals surface area (Å²) in [6, 6.07) is 3.42. The van der Waals surface area contributed by atoms with Crippen LogP contribution in [-0.2, 0) is 9.59 Å². The van der Waals surface area contributed by atoms with Crippen molar-refractivity contribution in [1.82, 2.24) is 4.90 Å². The molecule has 0 aromatic heterocycles. The second-order valence-corrected chi connectivity index (χ2v) is 5.69. The zero-order valence-electron chi connectivity index (χ0n) is 14.4. The fourth-order valence-corrected chi connectivity index (χ4v) is 2.67. The van der Waals surface area contributed by atoms with E-state index in [-0.39, 0.29) is 5.03 Å². The molecule has 0 unspecified atom stereocenters.